The Kier molecular flexibility index (Phi) is 3.68. The maximum absolute atomic E-state index is 5.72. The Balaban J connectivity index is 1.41. The Bertz CT molecular complexity index is 369. The van der Waals surface area contributed by atoms with E-state index in [2.05, 4.69) is 27.3 Å². The number of piperidine rings is 1. The molecule has 5 nitrogen and oxygen atoms in total. The molecule has 3 fully saturated rings. The van der Waals surface area contributed by atoms with Crippen LogP contribution in [-0.2, 0) is 4.74 Å². The van der Waals surface area contributed by atoms with Crippen LogP contribution in [0.1, 0.15) is 38.5 Å². The quantitative estimate of drug-likeness (QED) is 0.596. The third-order valence-corrected chi connectivity index (χ3v) is 5.34. The molecule has 3 heterocycles. The molecule has 0 radical (unpaired) electrons. The van der Waals surface area contributed by atoms with Crippen molar-refractivity contribution in [2.24, 2.45) is 5.92 Å². The minimum absolute atomic E-state index is 0.314. The molecular formula is C15H26N4O. The van der Waals surface area contributed by atoms with E-state index in [0.29, 0.717) is 36.4 Å². The van der Waals surface area contributed by atoms with Crippen LogP contribution in [0.3, 0.4) is 0 Å². The second-order valence-corrected chi connectivity index (χ2v) is 6.64. The molecule has 2 saturated heterocycles. The highest BCUT2D eigenvalue weighted by Gasteiger charge is 2.43. The maximum atomic E-state index is 5.72. The first-order valence-corrected chi connectivity index (χ1v) is 8.21. The Hall–Kier alpha value is -0.620. The highest BCUT2D eigenvalue weighted by molar-refractivity contribution is 5.08. The first-order valence-electron chi connectivity index (χ1n) is 8.21. The van der Waals surface area contributed by atoms with Crippen LogP contribution in [0.2, 0.25) is 0 Å². The van der Waals surface area contributed by atoms with Crippen molar-refractivity contribution < 1.29 is 4.74 Å². The summed E-state index contributed by atoms with van der Waals surface area (Å²) in [7, 11) is 0. The molecule has 20 heavy (non-hydrogen) atoms. The average molecular weight is 278 g/mol. The van der Waals surface area contributed by atoms with Crippen LogP contribution >= 0.6 is 0 Å². The van der Waals surface area contributed by atoms with Gasteiger partial charge in [0, 0.05) is 18.6 Å². The van der Waals surface area contributed by atoms with Crippen molar-refractivity contribution in [3.63, 3.8) is 0 Å². The molecule has 1 saturated carbocycles. The molecule has 0 aromatic rings. The van der Waals surface area contributed by atoms with Crippen LogP contribution < -0.4 is 21.3 Å². The third kappa shape index (κ3) is 2.48. The van der Waals surface area contributed by atoms with E-state index in [-0.39, 0.29) is 0 Å². The van der Waals surface area contributed by atoms with Gasteiger partial charge in [-0.2, -0.15) is 0 Å². The summed E-state index contributed by atoms with van der Waals surface area (Å²) in [6.45, 7) is 0.876. The van der Waals surface area contributed by atoms with Crippen molar-refractivity contribution in [1.82, 2.24) is 21.3 Å². The van der Waals surface area contributed by atoms with E-state index in [0.717, 1.165) is 13.1 Å². The van der Waals surface area contributed by atoms with Crippen molar-refractivity contribution in [1.29, 1.82) is 0 Å². The zero-order chi connectivity index (χ0) is 13.4. The van der Waals surface area contributed by atoms with Gasteiger partial charge in [-0.15, -0.1) is 0 Å². The van der Waals surface area contributed by atoms with Gasteiger partial charge in [0.15, 0.2) is 0 Å². The molecular weight excluding hydrogens is 252 g/mol. The lowest BCUT2D eigenvalue weighted by Gasteiger charge is -2.47. The Morgan fingerprint density at radius 1 is 1.10 bits per heavy atom. The SMILES string of the molecule is C1=CC2NC3NCNC(NC4CCCCC4)C3CC2O1. The van der Waals surface area contributed by atoms with Crippen molar-refractivity contribution in [3.05, 3.63) is 12.3 Å². The van der Waals surface area contributed by atoms with Crippen LogP contribution in [-0.4, -0.2) is 37.2 Å². The van der Waals surface area contributed by atoms with E-state index in [1.54, 1.807) is 0 Å². The predicted molar refractivity (Wildman–Crippen MR) is 77.8 cm³/mol. The zero-order valence-electron chi connectivity index (χ0n) is 12.0. The van der Waals surface area contributed by atoms with Gasteiger partial charge in [-0.05, 0) is 25.3 Å². The molecule has 0 amide bonds. The molecule has 3 aliphatic heterocycles. The summed E-state index contributed by atoms with van der Waals surface area (Å²) in [5.74, 6) is 0.548. The zero-order valence-corrected chi connectivity index (χ0v) is 12.0. The minimum atomic E-state index is 0.314. The summed E-state index contributed by atoms with van der Waals surface area (Å²) in [5.41, 5.74) is 0. The number of fused-ring (bicyclic) bond motifs is 2. The van der Waals surface area contributed by atoms with E-state index in [4.69, 9.17) is 4.74 Å². The Morgan fingerprint density at radius 2 is 2.00 bits per heavy atom. The topological polar surface area (TPSA) is 57.3 Å². The standard InChI is InChI=1S/C15H26N4O/c1-2-4-10(5-3-1)18-14-11-8-13-12(6-7-20-13)19-15(11)17-9-16-14/h6-7,10-19H,1-5,8-9H2. The highest BCUT2D eigenvalue weighted by Crippen LogP contribution is 2.29. The lowest BCUT2D eigenvalue weighted by molar-refractivity contribution is 0.0209. The maximum Gasteiger partial charge on any atom is 0.117 e. The van der Waals surface area contributed by atoms with E-state index >= 15 is 0 Å². The molecule has 5 atom stereocenters. The molecule has 0 spiro atoms. The second-order valence-electron chi connectivity index (χ2n) is 6.64. The number of hydrogen-bond donors (Lipinski definition) is 4. The summed E-state index contributed by atoms with van der Waals surface area (Å²) in [5, 5.41) is 14.7. The predicted octanol–water partition coefficient (Wildman–Crippen LogP) is 0.602. The van der Waals surface area contributed by atoms with Crippen molar-refractivity contribution in [2.45, 2.75) is 69.0 Å². The molecule has 0 aromatic carbocycles. The smallest absolute Gasteiger partial charge is 0.117 e. The van der Waals surface area contributed by atoms with Gasteiger partial charge < -0.3 is 4.74 Å². The van der Waals surface area contributed by atoms with Crippen LogP contribution in [0.4, 0.5) is 0 Å². The Labute approximate surface area is 120 Å². The van der Waals surface area contributed by atoms with Gasteiger partial charge in [0.05, 0.1) is 24.6 Å². The molecule has 112 valence electrons. The lowest BCUT2D eigenvalue weighted by atomic mass is 9.85. The first-order chi connectivity index (χ1) is 9.90. The van der Waals surface area contributed by atoms with Gasteiger partial charge in [-0.3, -0.25) is 21.3 Å². The molecule has 4 N–H and O–H groups in total. The first kappa shape index (κ1) is 13.1. The van der Waals surface area contributed by atoms with Crippen molar-refractivity contribution in [2.75, 3.05) is 6.67 Å². The molecule has 5 heteroatoms. The largest absolute Gasteiger partial charge is 0.496 e. The molecule has 1 aliphatic carbocycles. The summed E-state index contributed by atoms with van der Waals surface area (Å²) in [6, 6.07) is 1.08. The number of hydrogen-bond acceptors (Lipinski definition) is 5. The van der Waals surface area contributed by atoms with Crippen molar-refractivity contribution in [3.8, 4) is 0 Å². The molecule has 0 aromatic heterocycles. The summed E-state index contributed by atoms with van der Waals surface area (Å²) in [4.78, 5) is 0. The van der Waals surface area contributed by atoms with Gasteiger partial charge in [0.25, 0.3) is 0 Å². The van der Waals surface area contributed by atoms with Gasteiger partial charge in [0.1, 0.15) is 6.10 Å². The average Bonchev–Trinajstić information content (AvgIpc) is 2.94. The summed E-state index contributed by atoms with van der Waals surface area (Å²) >= 11 is 0. The third-order valence-electron chi connectivity index (χ3n) is 5.34. The van der Waals surface area contributed by atoms with Gasteiger partial charge >= 0.3 is 0 Å². The lowest BCUT2D eigenvalue weighted by Crippen LogP contribution is -2.71. The fourth-order valence-electron chi connectivity index (χ4n) is 4.21. The molecule has 4 rings (SSSR count). The van der Waals surface area contributed by atoms with E-state index < -0.39 is 0 Å². The second kappa shape index (κ2) is 5.64. The number of nitrogens with one attached hydrogen (secondary N) is 4. The van der Waals surface area contributed by atoms with Gasteiger partial charge in [-0.1, -0.05) is 19.3 Å². The van der Waals surface area contributed by atoms with Crippen molar-refractivity contribution >= 4 is 0 Å². The van der Waals surface area contributed by atoms with Crippen LogP contribution in [0.15, 0.2) is 12.3 Å². The summed E-state index contributed by atoms with van der Waals surface area (Å²) < 4.78 is 5.72. The van der Waals surface area contributed by atoms with Gasteiger partial charge in [0.2, 0.25) is 0 Å². The van der Waals surface area contributed by atoms with Crippen LogP contribution in [0.5, 0.6) is 0 Å². The van der Waals surface area contributed by atoms with E-state index in [1.807, 2.05) is 6.26 Å². The monoisotopic (exact) mass is 278 g/mol. The molecule has 4 aliphatic rings. The van der Waals surface area contributed by atoms with Crippen LogP contribution in [0.25, 0.3) is 0 Å². The van der Waals surface area contributed by atoms with E-state index in [9.17, 15) is 0 Å². The fourth-order valence-corrected chi connectivity index (χ4v) is 4.21. The highest BCUT2D eigenvalue weighted by atomic mass is 16.5. The Morgan fingerprint density at radius 3 is 2.90 bits per heavy atom. The van der Waals surface area contributed by atoms with Crippen LogP contribution in [0, 0.1) is 5.92 Å². The normalized spacial score (nSPS) is 44.7. The van der Waals surface area contributed by atoms with Gasteiger partial charge in [-0.25, -0.2) is 0 Å². The molecule has 5 unspecified atom stereocenters. The fraction of sp³-hybridized carbons (Fsp3) is 0.867. The number of rotatable bonds is 2. The number of ether oxygens (including phenoxy) is 1. The molecule has 0 bridgehead atoms. The van der Waals surface area contributed by atoms with E-state index in [1.165, 1.54) is 32.1 Å². The minimum Gasteiger partial charge on any atom is -0.496 e. The summed E-state index contributed by atoms with van der Waals surface area (Å²) in [6.07, 6.45) is 13.1.